The summed E-state index contributed by atoms with van der Waals surface area (Å²) in [5.74, 6) is 0.839. The van der Waals surface area contributed by atoms with Gasteiger partial charge >= 0.3 is 5.97 Å². The highest BCUT2D eigenvalue weighted by molar-refractivity contribution is 5.74. The van der Waals surface area contributed by atoms with Crippen LogP contribution in [0.1, 0.15) is 50.0 Å². The summed E-state index contributed by atoms with van der Waals surface area (Å²) >= 11 is 0. The van der Waals surface area contributed by atoms with E-state index in [-0.39, 0.29) is 23.4 Å². The van der Waals surface area contributed by atoms with E-state index in [1.54, 1.807) is 7.11 Å². The molecule has 2 heterocycles. The lowest BCUT2D eigenvalue weighted by molar-refractivity contribution is -0.145. The lowest BCUT2D eigenvalue weighted by Crippen LogP contribution is -2.42. The third-order valence-electron chi connectivity index (χ3n) is 6.96. The Kier molecular flexibility index (Phi) is 5.42. The molecule has 4 rings (SSSR count). The summed E-state index contributed by atoms with van der Waals surface area (Å²) in [6, 6.07) is 8.69. The van der Waals surface area contributed by atoms with Crippen LogP contribution in [-0.2, 0) is 14.3 Å². The molecule has 1 saturated carbocycles. The van der Waals surface area contributed by atoms with Gasteiger partial charge in [0.1, 0.15) is 5.75 Å². The predicted molar refractivity (Wildman–Crippen MR) is 103 cm³/mol. The van der Waals surface area contributed by atoms with Crippen molar-refractivity contribution in [1.82, 2.24) is 4.90 Å². The average molecular weight is 373 g/mol. The van der Waals surface area contributed by atoms with Crippen LogP contribution in [0.3, 0.4) is 0 Å². The molecule has 148 valence electrons. The fourth-order valence-electron chi connectivity index (χ4n) is 5.35. The van der Waals surface area contributed by atoms with Crippen molar-refractivity contribution in [1.29, 1.82) is 0 Å². The summed E-state index contributed by atoms with van der Waals surface area (Å²) in [6.45, 7) is 2.64. The Morgan fingerprint density at radius 3 is 2.44 bits per heavy atom. The number of hydrogen-bond donors (Lipinski definition) is 0. The van der Waals surface area contributed by atoms with Gasteiger partial charge in [-0.15, -0.1) is 0 Å². The minimum absolute atomic E-state index is 0.0928. The first-order valence-electron chi connectivity index (χ1n) is 10.2. The molecule has 2 atom stereocenters. The normalized spacial score (nSPS) is 34.1. The van der Waals surface area contributed by atoms with E-state index in [0.29, 0.717) is 6.04 Å². The van der Waals surface area contributed by atoms with Crippen molar-refractivity contribution in [3.63, 3.8) is 0 Å². The first-order chi connectivity index (χ1) is 13.1. The highest BCUT2D eigenvalue weighted by atomic mass is 16.5. The molecule has 1 spiro atoms. The molecule has 27 heavy (non-hydrogen) atoms. The summed E-state index contributed by atoms with van der Waals surface area (Å²) in [5, 5.41) is 0. The maximum absolute atomic E-state index is 12.5. The number of benzene rings is 1. The molecule has 3 fully saturated rings. The van der Waals surface area contributed by atoms with E-state index in [0.717, 1.165) is 38.3 Å². The molecule has 1 aromatic carbocycles. The molecule has 0 amide bonds. The van der Waals surface area contributed by atoms with E-state index in [1.807, 2.05) is 12.1 Å². The van der Waals surface area contributed by atoms with Gasteiger partial charge in [-0.25, -0.2) is 0 Å². The van der Waals surface area contributed by atoms with Crippen LogP contribution in [0.5, 0.6) is 5.75 Å². The molecule has 0 bridgehead atoms. The average Bonchev–Trinajstić information content (AvgIpc) is 3.36. The minimum Gasteiger partial charge on any atom is -0.497 e. The van der Waals surface area contributed by atoms with Gasteiger partial charge < -0.3 is 14.2 Å². The number of nitrogens with zero attached hydrogens (tertiary/aromatic N) is 1. The molecule has 0 N–H and O–H groups in total. The van der Waals surface area contributed by atoms with Gasteiger partial charge in [-0.1, -0.05) is 12.1 Å². The lowest BCUT2D eigenvalue weighted by Gasteiger charge is -2.40. The number of rotatable bonds is 4. The first kappa shape index (κ1) is 18.8. The standard InChI is InChI=1S/C22H31NO4/c1-25-18-6-4-16(5-7-18)19-14-23(15-20(19)21(24)26-2)17-8-11-22(12-9-17)10-3-13-27-22/h4-7,17,19-20H,3,8-15H2,1-2H3/t17-,19-,20?,22-/m0/s1. The maximum Gasteiger partial charge on any atom is 0.310 e. The molecule has 3 aliphatic rings. The van der Waals surface area contributed by atoms with Crippen LogP contribution in [0, 0.1) is 5.92 Å². The van der Waals surface area contributed by atoms with Gasteiger partial charge in [0.2, 0.25) is 0 Å². The van der Waals surface area contributed by atoms with Crippen molar-refractivity contribution < 1.29 is 19.0 Å². The van der Waals surface area contributed by atoms with E-state index in [4.69, 9.17) is 14.2 Å². The highest BCUT2D eigenvalue weighted by Crippen LogP contribution is 2.43. The molecule has 5 nitrogen and oxygen atoms in total. The van der Waals surface area contributed by atoms with Crippen molar-refractivity contribution in [2.75, 3.05) is 33.9 Å². The summed E-state index contributed by atoms with van der Waals surface area (Å²) in [6.07, 6.45) is 7.08. The predicted octanol–water partition coefficient (Wildman–Crippen LogP) is 3.38. The molecule has 0 radical (unpaired) electrons. The van der Waals surface area contributed by atoms with Crippen molar-refractivity contribution in [2.45, 2.75) is 56.1 Å². The Morgan fingerprint density at radius 2 is 1.85 bits per heavy atom. The SMILES string of the molecule is COC(=O)C1CN([C@H]2CC[C@@]3(CCCO3)CC2)C[C@H]1c1ccc(OC)cc1. The van der Waals surface area contributed by atoms with Gasteiger partial charge in [0.25, 0.3) is 0 Å². The fraction of sp³-hybridized carbons (Fsp3) is 0.682. The molecular weight excluding hydrogens is 342 g/mol. The van der Waals surface area contributed by atoms with E-state index >= 15 is 0 Å². The van der Waals surface area contributed by atoms with E-state index < -0.39 is 0 Å². The zero-order valence-electron chi connectivity index (χ0n) is 16.5. The maximum atomic E-state index is 12.5. The second-order valence-corrected chi connectivity index (χ2v) is 8.33. The van der Waals surface area contributed by atoms with Crippen LogP contribution < -0.4 is 4.74 Å². The zero-order chi connectivity index (χ0) is 18.9. The molecule has 1 unspecified atom stereocenters. The molecule has 1 aromatic rings. The third-order valence-corrected chi connectivity index (χ3v) is 6.96. The number of ether oxygens (including phenoxy) is 3. The smallest absolute Gasteiger partial charge is 0.310 e. The van der Waals surface area contributed by atoms with Crippen molar-refractivity contribution in [3.05, 3.63) is 29.8 Å². The van der Waals surface area contributed by atoms with Crippen molar-refractivity contribution >= 4 is 5.97 Å². The number of carbonyl (C=O) groups is 1. The Hall–Kier alpha value is -1.59. The summed E-state index contributed by atoms with van der Waals surface area (Å²) < 4.78 is 16.5. The number of esters is 1. The number of hydrogen-bond acceptors (Lipinski definition) is 5. The van der Waals surface area contributed by atoms with Crippen molar-refractivity contribution in [2.24, 2.45) is 5.92 Å². The van der Waals surface area contributed by atoms with Gasteiger partial charge in [0.05, 0.1) is 25.7 Å². The summed E-state index contributed by atoms with van der Waals surface area (Å²) in [4.78, 5) is 15.0. The van der Waals surface area contributed by atoms with Crippen LogP contribution in [0.25, 0.3) is 0 Å². The van der Waals surface area contributed by atoms with E-state index in [1.165, 1.54) is 38.4 Å². The quantitative estimate of drug-likeness (QED) is 0.758. The number of carbonyl (C=O) groups excluding carboxylic acids is 1. The molecule has 1 aliphatic carbocycles. The Balaban J connectivity index is 1.46. The van der Waals surface area contributed by atoms with Gasteiger partial charge in [0, 0.05) is 31.7 Å². The zero-order valence-corrected chi connectivity index (χ0v) is 16.5. The van der Waals surface area contributed by atoms with Gasteiger partial charge in [0.15, 0.2) is 0 Å². The molecule has 2 aliphatic heterocycles. The highest BCUT2D eigenvalue weighted by Gasteiger charge is 2.45. The van der Waals surface area contributed by atoms with Gasteiger partial charge in [-0.2, -0.15) is 0 Å². The Morgan fingerprint density at radius 1 is 1.11 bits per heavy atom. The Labute approximate surface area is 162 Å². The summed E-state index contributed by atoms with van der Waals surface area (Å²) in [7, 11) is 3.17. The molecule has 5 heteroatoms. The van der Waals surface area contributed by atoms with Crippen LogP contribution >= 0.6 is 0 Å². The number of likely N-dealkylation sites (tertiary alicyclic amines) is 1. The summed E-state index contributed by atoms with van der Waals surface area (Å²) in [5.41, 5.74) is 1.35. The number of methoxy groups -OCH3 is 2. The monoisotopic (exact) mass is 373 g/mol. The lowest BCUT2D eigenvalue weighted by atomic mass is 9.80. The molecule has 2 saturated heterocycles. The van der Waals surface area contributed by atoms with E-state index in [9.17, 15) is 4.79 Å². The van der Waals surface area contributed by atoms with Crippen LogP contribution in [0.4, 0.5) is 0 Å². The van der Waals surface area contributed by atoms with Gasteiger partial charge in [-0.05, 0) is 56.2 Å². The van der Waals surface area contributed by atoms with Crippen LogP contribution in [0.2, 0.25) is 0 Å². The molecular formula is C22H31NO4. The van der Waals surface area contributed by atoms with Crippen LogP contribution in [0.15, 0.2) is 24.3 Å². The van der Waals surface area contributed by atoms with Crippen molar-refractivity contribution in [3.8, 4) is 5.75 Å². The third kappa shape index (κ3) is 3.72. The fourth-order valence-corrected chi connectivity index (χ4v) is 5.35. The molecule has 0 aromatic heterocycles. The van der Waals surface area contributed by atoms with Crippen LogP contribution in [-0.4, -0.2) is 56.4 Å². The van der Waals surface area contributed by atoms with Gasteiger partial charge in [-0.3, -0.25) is 9.69 Å². The van der Waals surface area contributed by atoms with E-state index in [2.05, 4.69) is 17.0 Å². The first-order valence-corrected chi connectivity index (χ1v) is 10.2. The second-order valence-electron chi connectivity index (χ2n) is 8.33. The second kappa shape index (κ2) is 7.80. The topological polar surface area (TPSA) is 48.0 Å². The largest absolute Gasteiger partial charge is 0.497 e. The Bertz CT molecular complexity index is 643. The minimum atomic E-state index is -0.0954.